The highest BCUT2D eigenvalue weighted by Gasteiger charge is 2.28. The Hall–Kier alpha value is -0.340. The number of fused-ring (bicyclic) bond motifs is 2. The highest BCUT2D eigenvalue weighted by Crippen LogP contribution is 2.43. The van der Waals surface area contributed by atoms with Gasteiger partial charge >= 0.3 is 0 Å². The maximum Gasteiger partial charge on any atom is 0.143 e. The molecular weight excluding hydrogens is 286 g/mol. The molecule has 3 heteroatoms. The average molecular weight is 299 g/mol. The molecule has 1 aromatic heterocycles. The van der Waals surface area contributed by atoms with Gasteiger partial charge in [-0.3, -0.25) is 0 Å². The van der Waals surface area contributed by atoms with Crippen molar-refractivity contribution in [2.75, 3.05) is 0 Å². The minimum absolute atomic E-state index is 0.589. The van der Waals surface area contributed by atoms with E-state index in [9.17, 15) is 0 Å². The molecule has 0 aromatic carbocycles. The summed E-state index contributed by atoms with van der Waals surface area (Å²) in [5, 5.41) is 0.589. The Labute approximate surface area is 109 Å². The summed E-state index contributed by atoms with van der Waals surface area (Å²) < 4.78 is 0.917. The molecule has 0 spiro atoms. The smallest absolute Gasteiger partial charge is 0.143 e. The zero-order valence-corrected chi connectivity index (χ0v) is 11.5. The van der Waals surface area contributed by atoms with Gasteiger partial charge in [0.05, 0.1) is 10.2 Å². The number of hydrogen-bond donors (Lipinski definition) is 0. The molecule has 0 saturated heterocycles. The third-order valence-electron chi connectivity index (χ3n) is 3.62. The first-order valence-electron chi connectivity index (χ1n) is 5.71. The van der Waals surface area contributed by atoms with Crippen molar-refractivity contribution in [2.45, 2.75) is 32.6 Å². The molecule has 2 aliphatic rings. The Kier molecular flexibility index (Phi) is 2.60. The summed E-state index contributed by atoms with van der Waals surface area (Å²) in [6, 6.07) is 2.13. The number of rotatable bonds is 0. The fourth-order valence-electron chi connectivity index (χ4n) is 2.76. The molecule has 3 rings (SSSR count). The molecule has 1 heterocycles. The molecule has 0 bridgehead atoms. The lowest BCUT2D eigenvalue weighted by atomic mass is 9.86. The number of hydrogen-bond acceptors (Lipinski definition) is 1. The minimum Gasteiger partial charge on any atom is -0.235 e. The fraction of sp³-hybridized carbons (Fsp3) is 0.462. The fourth-order valence-corrected chi connectivity index (χ4v) is 3.26. The van der Waals surface area contributed by atoms with E-state index >= 15 is 0 Å². The topological polar surface area (TPSA) is 12.9 Å². The van der Waals surface area contributed by atoms with Crippen molar-refractivity contribution in [3.63, 3.8) is 0 Å². The lowest BCUT2D eigenvalue weighted by Gasteiger charge is -2.20. The summed E-state index contributed by atoms with van der Waals surface area (Å²) in [4.78, 5) is 4.53. The second-order valence-corrected chi connectivity index (χ2v) is 6.09. The maximum absolute atomic E-state index is 6.08. The van der Waals surface area contributed by atoms with Crippen LogP contribution in [0, 0.1) is 5.92 Å². The van der Waals surface area contributed by atoms with Crippen LogP contribution >= 0.6 is 27.5 Å². The van der Waals surface area contributed by atoms with E-state index in [4.69, 9.17) is 11.6 Å². The van der Waals surface area contributed by atoms with Crippen LogP contribution in [0.4, 0.5) is 0 Å². The molecule has 0 amide bonds. The number of allylic oxidation sites excluding steroid dienone is 2. The molecular formula is C13H13BrClN. The van der Waals surface area contributed by atoms with Crippen LogP contribution in [0.15, 0.2) is 16.1 Å². The molecule has 1 atom stereocenters. The van der Waals surface area contributed by atoms with Crippen molar-refractivity contribution in [1.29, 1.82) is 0 Å². The molecule has 1 nitrogen and oxygen atoms in total. The van der Waals surface area contributed by atoms with Crippen LogP contribution in [0.5, 0.6) is 0 Å². The zero-order valence-electron chi connectivity index (χ0n) is 9.19. The molecule has 1 unspecified atom stereocenters. The van der Waals surface area contributed by atoms with Crippen LogP contribution in [0.25, 0.3) is 5.57 Å². The normalized spacial score (nSPS) is 23.3. The second kappa shape index (κ2) is 3.85. The van der Waals surface area contributed by atoms with Gasteiger partial charge in [0, 0.05) is 0 Å². The van der Waals surface area contributed by atoms with E-state index in [0.29, 0.717) is 5.15 Å². The number of halogens is 2. The van der Waals surface area contributed by atoms with Crippen LogP contribution in [0.3, 0.4) is 0 Å². The monoisotopic (exact) mass is 297 g/mol. The summed E-state index contributed by atoms with van der Waals surface area (Å²) >= 11 is 9.53. The average Bonchev–Trinajstić information content (AvgIpc) is 2.57. The Morgan fingerprint density at radius 2 is 2.31 bits per heavy atom. The van der Waals surface area contributed by atoms with Crippen LogP contribution < -0.4 is 0 Å². The molecule has 2 aliphatic carbocycles. The van der Waals surface area contributed by atoms with Gasteiger partial charge in [0.15, 0.2) is 0 Å². The standard InChI is InChI=1S/C13H13BrClN/c1-7-2-3-8-5-9-6-11(14)13(15)16-12(9)10(8)4-7/h6-7H,2-5H2,1H3. The van der Waals surface area contributed by atoms with E-state index in [-0.39, 0.29) is 0 Å². The summed E-state index contributed by atoms with van der Waals surface area (Å²) in [5.74, 6) is 0.786. The SMILES string of the molecule is CC1CCC2=C(C1)c1nc(Cl)c(Br)cc1C2. The lowest BCUT2D eigenvalue weighted by molar-refractivity contribution is 0.523. The molecule has 0 aliphatic heterocycles. The van der Waals surface area contributed by atoms with E-state index in [1.807, 2.05) is 0 Å². The van der Waals surface area contributed by atoms with Crippen molar-refractivity contribution in [3.8, 4) is 0 Å². The molecule has 0 fully saturated rings. The Morgan fingerprint density at radius 1 is 1.50 bits per heavy atom. The quantitative estimate of drug-likeness (QED) is 0.637. The molecule has 16 heavy (non-hydrogen) atoms. The minimum atomic E-state index is 0.589. The van der Waals surface area contributed by atoms with Gasteiger partial charge in [-0.05, 0) is 64.7 Å². The second-order valence-electron chi connectivity index (χ2n) is 4.88. The predicted molar refractivity (Wildman–Crippen MR) is 70.6 cm³/mol. The molecule has 84 valence electrons. The Morgan fingerprint density at radius 3 is 3.12 bits per heavy atom. The maximum atomic E-state index is 6.08. The summed E-state index contributed by atoms with van der Waals surface area (Å²) in [6.07, 6.45) is 4.82. The third kappa shape index (κ3) is 1.63. The van der Waals surface area contributed by atoms with E-state index in [1.54, 1.807) is 5.57 Å². The van der Waals surface area contributed by atoms with E-state index < -0.39 is 0 Å². The van der Waals surface area contributed by atoms with Crippen molar-refractivity contribution in [2.24, 2.45) is 5.92 Å². The number of pyridine rings is 1. The first kappa shape index (κ1) is 10.8. The summed E-state index contributed by atoms with van der Waals surface area (Å²) in [7, 11) is 0. The van der Waals surface area contributed by atoms with Gasteiger partial charge in [-0.1, -0.05) is 24.1 Å². The third-order valence-corrected chi connectivity index (χ3v) is 4.74. The predicted octanol–water partition coefficient (Wildman–Crippen LogP) is 4.63. The summed E-state index contributed by atoms with van der Waals surface area (Å²) in [6.45, 7) is 2.32. The van der Waals surface area contributed by atoms with E-state index in [2.05, 4.69) is 33.9 Å². The van der Waals surface area contributed by atoms with Crippen molar-refractivity contribution in [1.82, 2.24) is 4.98 Å². The van der Waals surface area contributed by atoms with Gasteiger partial charge in [0.2, 0.25) is 0 Å². The van der Waals surface area contributed by atoms with Crippen molar-refractivity contribution in [3.05, 3.63) is 32.5 Å². The van der Waals surface area contributed by atoms with Crippen molar-refractivity contribution < 1.29 is 0 Å². The molecule has 0 saturated carbocycles. The Balaban J connectivity index is 2.09. The van der Waals surface area contributed by atoms with Gasteiger partial charge in [0.1, 0.15) is 5.15 Å². The van der Waals surface area contributed by atoms with Gasteiger partial charge in [-0.15, -0.1) is 0 Å². The molecule has 0 radical (unpaired) electrons. The molecule has 0 N–H and O–H groups in total. The van der Waals surface area contributed by atoms with Crippen molar-refractivity contribution >= 4 is 33.1 Å². The Bertz CT molecular complexity index is 493. The highest BCUT2D eigenvalue weighted by molar-refractivity contribution is 9.10. The first-order chi connectivity index (χ1) is 7.65. The first-order valence-corrected chi connectivity index (χ1v) is 6.88. The van der Waals surface area contributed by atoms with E-state index in [0.717, 1.165) is 22.5 Å². The van der Waals surface area contributed by atoms with Gasteiger partial charge < -0.3 is 0 Å². The van der Waals surface area contributed by atoms with Crippen LogP contribution in [-0.2, 0) is 6.42 Å². The highest BCUT2D eigenvalue weighted by atomic mass is 79.9. The van der Waals surface area contributed by atoms with Crippen LogP contribution in [0.1, 0.15) is 37.4 Å². The zero-order chi connectivity index (χ0) is 11.3. The van der Waals surface area contributed by atoms with Gasteiger partial charge in [-0.2, -0.15) is 0 Å². The summed E-state index contributed by atoms with van der Waals surface area (Å²) in [5.41, 5.74) is 5.57. The number of nitrogens with zero attached hydrogens (tertiary/aromatic N) is 1. The lowest BCUT2D eigenvalue weighted by Crippen LogP contribution is -2.04. The van der Waals surface area contributed by atoms with Crippen LogP contribution in [-0.4, -0.2) is 4.98 Å². The largest absolute Gasteiger partial charge is 0.235 e. The number of aromatic nitrogens is 1. The molecule has 1 aromatic rings. The van der Waals surface area contributed by atoms with Gasteiger partial charge in [-0.25, -0.2) is 4.98 Å². The van der Waals surface area contributed by atoms with Gasteiger partial charge in [0.25, 0.3) is 0 Å². The van der Waals surface area contributed by atoms with Crippen LogP contribution in [0.2, 0.25) is 5.15 Å². The van der Waals surface area contributed by atoms with E-state index in [1.165, 1.54) is 30.4 Å².